The molecule has 1 aliphatic heterocycles. The third-order valence-corrected chi connectivity index (χ3v) is 5.46. The molecule has 0 saturated carbocycles. The summed E-state index contributed by atoms with van der Waals surface area (Å²) in [7, 11) is 0. The highest BCUT2D eigenvalue weighted by atomic mass is 19.1. The second kappa shape index (κ2) is 9.14. The van der Waals surface area contributed by atoms with Crippen LogP contribution in [0.5, 0.6) is 0 Å². The molecule has 3 unspecified atom stereocenters. The lowest BCUT2D eigenvalue weighted by Gasteiger charge is -2.38. The van der Waals surface area contributed by atoms with E-state index < -0.39 is 0 Å². The van der Waals surface area contributed by atoms with Crippen LogP contribution >= 0.6 is 0 Å². The zero-order valence-electron chi connectivity index (χ0n) is 16.2. The molecule has 0 aromatic heterocycles. The van der Waals surface area contributed by atoms with Crippen LogP contribution in [0.25, 0.3) is 0 Å². The molecule has 3 nitrogen and oxygen atoms in total. The Bertz CT molecular complexity index is 749. The van der Waals surface area contributed by atoms with Crippen molar-refractivity contribution in [3.63, 3.8) is 0 Å². The van der Waals surface area contributed by atoms with Gasteiger partial charge < -0.3 is 5.32 Å². The third-order valence-electron chi connectivity index (χ3n) is 5.46. The lowest BCUT2D eigenvalue weighted by atomic mass is 9.83. The highest BCUT2D eigenvalue weighted by Gasteiger charge is 2.32. The number of hydrogen-bond acceptors (Lipinski definition) is 2. The van der Waals surface area contributed by atoms with E-state index in [1.165, 1.54) is 11.6 Å². The van der Waals surface area contributed by atoms with Gasteiger partial charge in [-0.2, -0.15) is 0 Å². The maximum atomic E-state index is 13.6. The molecule has 144 valence electrons. The fourth-order valence-electron chi connectivity index (χ4n) is 3.83. The van der Waals surface area contributed by atoms with Crippen LogP contribution in [0.15, 0.2) is 54.6 Å². The molecule has 4 heteroatoms. The van der Waals surface area contributed by atoms with Gasteiger partial charge in [0.15, 0.2) is 0 Å². The number of rotatable bonds is 6. The summed E-state index contributed by atoms with van der Waals surface area (Å²) in [5.41, 5.74) is 2.22. The molecular weight excluding hydrogens is 339 g/mol. The van der Waals surface area contributed by atoms with Crippen LogP contribution in [-0.2, 0) is 11.3 Å². The van der Waals surface area contributed by atoms with Crippen LogP contribution in [0.3, 0.4) is 0 Å². The summed E-state index contributed by atoms with van der Waals surface area (Å²) in [6.45, 7) is 6.37. The van der Waals surface area contributed by atoms with Crippen LogP contribution in [0.1, 0.15) is 43.7 Å². The zero-order valence-corrected chi connectivity index (χ0v) is 16.2. The van der Waals surface area contributed by atoms with Gasteiger partial charge in [-0.3, -0.25) is 9.69 Å². The maximum absolute atomic E-state index is 13.6. The number of piperidine rings is 1. The van der Waals surface area contributed by atoms with Crippen LogP contribution in [0.4, 0.5) is 4.39 Å². The van der Waals surface area contributed by atoms with E-state index in [1.807, 2.05) is 19.1 Å². The molecular formula is C23H29FN2O. The monoisotopic (exact) mass is 368 g/mol. The third kappa shape index (κ3) is 5.39. The fourth-order valence-corrected chi connectivity index (χ4v) is 3.83. The summed E-state index contributed by atoms with van der Waals surface area (Å²) >= 11 is 0. The van der Waals surface area contributed by atoms with Crippen molar-refractivity contribution < 1.29 is 9.18 Å². The van der Waals surface area contributed by atoms with Gasteiger partial charge in [-0.05, 0) is 48.9 Å². The minimum atomic E-state index is -0.213. The molecule has 1 heterocycles. The van der Waals surface area contributed by atoms with Crippen molar-refractivity contribution in [3.8, 4) is 0 Å². The highest BCUT2D eigenvalue weighted by molar-refractivity contribution is 5.79. The summed E-state index contributed by atoms with van der Waals surface area (Å²) < 4.78 is 13.6. The van der Waals surface area contributed by atoms with Crippen LogP contribution in [0, 0.1) is 11.7 Å². The van der Waals surface area contributed by atoms with Crippen molar-refractivity contribution in [1.82, 2.24) is 10.2 Å². The number of carbonyl (C=O) groups is 1. The number of likely N-dealkylation sites (tertiary alicyclic amines) is 1. The van der Waals surface area contributed by atoms with Crippen molar-refractivity contribution in [2.45, 2.75) is 45.2 Å². The highest BCUT2D eigenvalue weighted by Crippen LogP contribution is 2.31. The first-order chi connectivity index (χ1) is 13.0. The van der Waals surface area contributed by atoms with Crippen LogP contribution in [0.2, 0.25) is 0 Å². The van der Waals surface area contributed by atoms with E-state index in [2.05, 4.69) is 41.4 Å². The Balaban J connectivity index is 1.77. The van der Waals surface area contributed by atoms with Crippen molar-refractivity contribution in [1.29, 1.82) is 0 Å². The average molecular weight is 368 g/mol. The van der Waals surface area contributed by atoms with Crippen LogP contribution in [-0.4, -0.2) is 29.9 Å². The first-order valence-corrected chi connectivity index (χ1v) is 9.87. The fraction of sp³-hybridized carbons (Fsp3) is 0.435. The molecule has 0 radical (unpaired) electrons. The molecule has 0 spiro atoms. The average Bonchev–Trinajstić information content (AvgIpc) is 2.68. The number of hydrogen-bond donors (Lipinski definition) is 1. The normalized spacial score (nSPS) is 21.6. The van der Waals surface area contributed by atoms with Crippen molar-refractivity contribution in [3.05, 3.63) is 71.5 Å². The SMILES string of the molecule is CCC(C)NC(=O)C1CC(c2ccccc2)CN(Cc2cccc(F)c2)C1. The summed E-state index contributed by atoms with van der Waals surface area (Å²) in [4.78, 5) is 15.1. The molecule has 1 saturated heterocycles. The van der Waals surface area contributed by atoms with E-state index in [0.29, 0.717) is 19.0 Å². The Labute approximate surface area is 161 Å². The first kappa shape index (κ1) is 19.6. The van der Waals surface area contributed by atoms with E-state index in [-0.39, 0.29) is 23.7 Å². The summed E-state index contributed by atoms with van der Waals surface area (Å²) in [5, 5.41) is 3.14. The van der Waals surface area contributed by atoms with Crippen LogP contribution < -0.4 is 5.32 Å². The molecule has 27 heavy (non-hydrogen) atoms. The minimum absolute atomic E-state index is 0.0495. The molecule has 3 atom stereocenters. The number of carbonyl (C=O) groups excluding carboxylic acids is 1. The predicted molar refractivity (Wildman–Crippen MR) is 107 cm³/mol. The quantitative estimate of drug-likeness (QED) is 0.822. The Hall–Kier alpha value is -2.20. The number of amides is 1. The van der Waals surface area contributed by atoms with Gasteiger partial charge in [0.25, 0.3) is 0 Å². The predicted octanol–water partition coefficient (Wildman–Crippen LogP) is 4.35. The van der Waals surface area contributed by atoms with Crippen molar-refractivity contribution in [2.75, 3.05) is 13.1 Å². The van der Waals surface area contributed by atoms with Gasteiger partial charge in [0.2, 0.25) is 5.91 Å². The van der Waals surface area contributed by atoms with Crippen molar-refractivity contribution in [2.24, 2.45) is 5.92 Å². The Morgan fingerprint density at radius 1 is 1.19 bits per heavy atom. The second-order valence-corrected chi connectivity index (χ2v) is 7.68. The molecule has 1 aliphatic rings. The number of nitrogens with one attached hydrogen (secondary N) is 1. The number of benzene rings is 2. The maximum Gasteiger partial charge on any atom is 0.224 e. The smallest absolute Gasteiger partial charge is 0.224 e. The number of halogens is 1. The Morgan fingerprint density at radius 2 is 1.96 bits per heavy atom. The standard InChI is InChI=1S/C23H29FN2O/c1-3-17(2)25-23(27)21-13-20(19-9-5-4-6-10-19)15-26(16-21)14-18-8-7-11-22(24)12-18/h4-12,17,20-21H,3,13-16H2,1-2H3,(H,25,27). The Kier molecular flexibility index (Phi) is 6.62. The van der Waals surface area contributed by atoms with Gasteiger partial charge in [0, 0.05) is 25.7 Å². The summed E-state index contributed by atoms with van der Waals surface area (Å²) in [5.74, 6) is 0.178. The topological polar surface area (TPSA) is 32.3 Å². The van der Waals surface area contributed by atoms with Gasteiger partial charge in [0.1, 0.15) is 5.82 Å². The van der Waals surface area contributed by atoms with E-state index >= 15 is 0 Å². The first-order valence-electron chi connectivity index (χ1n) is 9.87. The van der Waals surface area contributed by atoms with Gasteiger partial charge in [0.05, 0.1) is 5.92 Å². The zero-order chi connectivity index (χ0) is 19.2. The number of nitrogens with zero attached hydrogens (tertiary/aromatic N) is 1. The molecule has 1 N–H and O–H groups in total. The lowest BCUT2D eigenvalue weighted by molar-refractivity contribution is -0.127. The molecule has 1 fully saturated rings. The molecule has 0 bridgehead atoms. The Morgan fingerprint density at radius 3 is 2.67 bits per heavy atom. The van der Waals surface area contributed by atoms with Gasteiger partial charge >= 0.3 is 0 Å². The minimum Gasteiger partial charge on any atom is -0.353 e. The lowest BCUT2D eigenvalue weighted by Crippen LogP contribution is -2.47. The van der Waals surface area contributed by atoms with Gasteiger partial charge in [-0.15, -0.1) is 0 Å². The van der Waals surface area contributed by atoms with E-state index in [9.17, 15) is 9.18 Å². The molecule has 1 amide bonds. The molecule has 2 aromatic carbocycles. The molecule has 2 aromatic rings. The van der Waals surface area contributed by atoms with Crippen molar-refractivity contribution >= 4 is 5.91 Å². The largest absolute Gasteiger partial charge is 0.353 e. The molecule has 0 aliphatic carbocycles. The molecule has 3 rings (SSSR count). The van der Waals surface area contributed by atoms with E-state index in [4.69, 9.17) is 0 Å². The summed E-state index contributed by atoms with van der Waals surface area (Å²) in [6.07, 6.45) is 1.78. The van der Waals surface area contributed by atoms with E-state index in [0.717, 1.165) is 24.9 Å². The summed E-state index contributed by atoms with van der Waals surface area (Å²) in [6, 6.07) is 17.3. The van der Waals surface area contributed by atoms with Gasteiger partial charge in [-0.25, -0.2) is 4.39 Å². The van der Waals surface area contributed by atoms with E-state index in [1.54, 1.807) is 12.1 Å². The van der Waals surface area contributed by atoms with Gasteiger partial charge in [-0.1, -0.05) is 49.4 Å². The second-order valence-electron chi connectivity index (χ2n) is 7.68.